The lowest BCUT2D eigenvalue weighted by Crippen LogP contribution is -2.23. The zero-order chi connectivity index (χ0) is 12.6. The summed E-state index contributed by atoms with van der Waals surface area (Å²) in [6.45, 7) is 9.14. The maximum Gasteiger partial charge on any atom is 0.185 e. The summed E-state index contributed by atoms with van der Waals surface area (Å²) < 4.78 is 2.33. The van der Waals surface area contributed by atoms with Crippen molar-refractivity contribution < 1.29 is 0 Å². The van der Waals surface area contributed by atoms with Gasteiger partial charge in [0.15, 0.2) is 4.80 Å². The molecule has 1 aromatic heterocycles. The predicted octanol–water partition coefficient (Wildman–Crippen LogP) is 3.40. The van der Waals surface area contributed by atoms with E-state index in [1.54, 1.807) is 4.88 Å². The Morgan fingerprint density at radius 1 is 1.47 bits per heavy atom. The van der Waals surface area contributed by atoms with Crippen LogP contribution in [0.1, 0.15) is 57.5 Å². The van der Waals surface area contributed by atoms with Crippen LogP contribution in [0.15, 0.2) is 4.99 Å². The van der Waals surface area contributed by atoms with E-state index in [0.717, 1.165) is 6.42 Å². The van der Waals surface area contributed by atoms with Crippen LogP contribution in [0.2, 0.25) is 0 Å². The number of hydrogen-bond donors (Lipinski definition) is 0. The van der Waals surface area contributed by atoms with Crippen LogP contribution in [-0.4, -0.2) is 10.6 Å². The van der Waals surface area contributed by atoms with Gasteiger partial charge < -0.3 is 4.57 Å². The maximum atomic E-state index is 4.83. The molecule has 0 radical (unpaired) electrons. The highest BCUT2D eigenvalue weighted by Crippen LogP contribution is 2.38. The second-order valence-electron chi connectivity index (χ2n) is 5.84. The predicted molar refractivity (Wildman–Crippen MR) is 74.6 cm³/mol. The summed E-state index contributed by atoms with van der Waals surface area (Å²) in [4.78, 5) is 7.60. The summed E-state index contributed by atoms with van der Waals surface area (Å²) in [5.41, 5.74) is 1.87. The Kier molecular flexibility index (Phi) is 3.48. The van der Waals surface area contributed by atoms with Gasteiger partial charge in [-0.3, -0.25) is 4.99 Å². The first-order valence-electron chi connectivity index (χ1n) is 6.68. The molecular formula is C14H24N2S. The van der Waals surface area contributed by atoms with Crippen LogP contribution < -0.4 is 4.80 Å². The molecule has 0 spiro atoms. The third kappa shape index (κ3) is 2.35. The fraction of sp³-hybridized carbons (Fsp3) is 0.786. The second-order valence-corrected chi connectivity index (χ2v) is 6.82. The molecule has 0 amide bonds. The SMILES string of the molecule is CCC(C)/N=c1/sc2c(n1C)CCCC2(C)C. The lowest BCUT2D eigenvalue weighted by atomic mass is 9.80. The molecule has 2 rings (SSSR count). The van der Waals surface area contributed by atoms with Gasteiger partial charge in [-0.15, -0.1) is 11.3 Å². The number of rotatable bonds is 2. The highest BCUT2D eigenvalue weighted by Gasteiger charge is 2.30. The Hall–Kier alpha value is -0.570. The molecule has 0 fully saturated rings. The van der Waals surface area contributed by atoms with E-state index in [1.165, 1.54) is 29.8 Å². The molecule has 1 aliphatic carbocycles. The smallest absolute Gasteiger partial charge is 0.185 e. The van der Waals surface area contributed by atoms with Crippen molar-refractivity contribution in [2.24, 2.45) is 12.0 Å². The molecule has 0 aliphatic heterocycles. The van der Waals surface area contributed by atoms with Gasteiger partial charge in [0.2, 0.25) is 0 Å². The summed E-state index contributed by atoms with van der Waals surface area (Å²) in [5, 5.41) is 0. The van der Waals surface area contributed by atoms with Crippen molar-refractivity contribution in [3.05, 3.63) is 15.4 Å². The molecule has 3 heteroatoms. The zero-order valence-electron chi connectivity index (χ0n) is 11.7. The normalized spacial score (nSPS) is 21.4. The number of nitrogens with zero attached hydrogens (tertiary/aromatic N) is 2. The van der Waals surface area contributed by atoms with E-state index in [-0.39, 0.29) is 0 Å². The Bertz CT molecular complexity index is 465. The third-order valence-corrected chi connectivity index (χ3v) is 5.45. The van der Waals surface area contributed by atoms with Crippen LogP contribution in [0.5, 0.6) is 0 Å². The first kappa shape index (κ1) is 12.9. The summed E-state index contributed by atoms with van der Waals surface area (Å²) in [7, 11) is 2.18. The summed E-state index contributed by atoms with van der Waals surface area (Å²) in [6.07, 6.45) is 4.96. The summed E-state index contributed by atoms with van der Waals surface area (Å²) >= 11 is 1.91. The average Bonchev–Trinajstić information content (AvgIpc) is 2.58. The first-order chi connectivity index (χ1) is 7.95. The molecule has 96 valence electrons. The van der Waals surface area contributed by atoms with Crippen molar-refractivity contribution in [1.29, 1.82) is 0 Å². The molecule has 0 N–H and O–H groups in total. The van der Waals surface area contributed by atoms with Crippen LogP contribution in [0, 0.1) is 0 Å². The molecule has 2 nitrogen and oxygen atoms in total. The van der Waals surface area contributed by atoms with Crippen molar-refractivity contribution in [2.45, 2.75) is 64.8 Å². The van der Waals surface area contributed by atoms with Crippen molar-refractivity contribution in [3.63, 3.8) is 0 Å². The van der Waals surface area contributed by atoms with Crippen molar-refractivity contribution in [1.82, 2.24) is 4.57 Å². The molecule has 0 saturated carbocycles. The average molecular weight is 252 g/mol. The van der Waals surface area contributed by atoms with Gasteiger partial charge in [0, 0.05) is 23.0 Å². The van der Waals surface area contributed by atoms with Crippen molar-refractivity contribution in [2.75, 3.05) is 0 Å². The maximum absolute atomic E-state index is 4.83. The van der Waals surface area contributed by atoms with E-state index < -0.39 is 0 Å². The Labute approximate surface area is 108 Å². The third-order valence-electron chi connectivity index (χ3n) is 3.90. The van der Waals surface area contributed by atoms with Crippen LogP contribution in [0.25, 0.3) is 0 Å². The minimum absolute atomic E-state index is 0.346. The Balaban J connectivity index is 2.53. The van der Waals surface area contributed by atoms with Gasteiger partial charge in [-0.2, -0.15) is 0 Å². The van der Waals surface area contributed by atoms with Gasteiger partial charge >= 0.3 is 0 Å². The Morgan fingerprint density at radius 3 is 2.76 bits per heavy atom. The fourth-order valence-corrected chi connectivity index (χ4v) is 3.90. The van der Waals surface area contributed by atoms with Gasteiger partial charge in [-0.25, -0.2) is 0 Å². The quantitative estimate of drug-likeness (QED) is 0.767. The van der Waals surface area contributed by atoms with Gasteiger partial charge in [0.25, 0.3) is 0 Å². The second kappa shape index (κ2) is 4.60. The van der Waals surface area contributed by atoms with Gasteiger partial charge in [-0.05, 0) is 32.6 Å². The van der Waals surface area contributed by atoms with E-state index in [9.17, 15) is 0 Å². The van der Waals surface area contributed by atoms with Crippen LogP contribution >= 0.6 is 11.3 Å². The summed E-state index contributed by atoms with van der Waals surface area (Å²) in [6, 6.07) is 0.435. The lowest BCUT2D eigenvalue weighted by Gasteiger charge is -2.29. The van der Waals surface area contributed by atoms with Crippen molar-refractivity contribution in [3.8, 4) is 0 Å². The molecule has 1 atom stereocenters. The molecular weight excluding hydrogens is 228 g/mol. The molecule has 1 unspecified atom stereocenters. The van der Waals surface area contributed by atoms with Gasteiger partial charge in [0.05, 0.1) is 6.04 Å². The van der Waals surface area contributed by atoms with E-state index in [2.05, 4.69) is 39.3 Å². The largest absolute Gasteiger partial charge is 0.324 e. The summed E-state index contributed by atoms with van der Waals surface area (Å²) in [5.74, 6) is 0. The molecule has 1 aliphatic rings. The van der Waals surface area contributed by atoms with Crippen LogP contribution in [0.3, 0.4) is 0 Å². The van der Waals surface area contributed by atoms with Crippen LogP contribution in [-0.2, 0) is 18.9 Å². The topological polar surface area (TPSA) is 17.3 Å². The number of aromatic nitrogens is 1. The van der Waals surface area contributed by atoms with E-state index in [0.29, 0.717) is 11.5 Å². The highest BCUT2D eigenvalue weighted by molar-refractivity contribution is 7.09. The molecule has 17 heavy (non-hydrogen) atoms. The van der Waals surface area contributed by atoms with E-state index in [1.807, 2.05) is 11.3 Å². The molecule has 0 bridgehead atoms. The number of hydrogen-bond acceptors (Lipinski definition) is 2. The first-order valence-corrected chi connectivity index (χ1v) is 7.50. The van der Waals surface area contributed by atoms with Gasteiger partial charge in [0.1, 0.15) is 0 Å². The standard InChI is InChI=1S/C14H24N2S/c1-6-10(2)15-13-16(5)11-8-7-9-14(3,4)12(11)17-13/h10H,6-9H2,1-5H3/b15-13+. The van der Waals surface area contributed by atoms with Crippen molar-refractivity contribution >= 4 is 11.3 Å². The Morgan fingerprint density at radius 2 is 2.18 bits per heavy atom. The number of fused-ring (bicyclic) bond motifs is 1. The van der Waals surface area contributed by atoms with Gasteiger partial charge in [-0.1, -0.05) is 20.8 Å². The van der Waals surface area contributed by atoms with Crippen LogP contribution in [0.4, 0.5) is 0 Å². The minimum atomic E-state index is 0.346. The fourth-order valence-electron chi connectivity index (χ4n) is 2.50. The molecule has 1 heterocycles. The molecule has 1 aromatic rings. The lowest BCUT2D eigenvalue weighted by molar-refractivity contribution is 0.431. The monoisotopic (exact) mass is 252 g/mol. The zero-order valence-corrected chi connectivity index (χ0v) is 12.5. The van der Waals surface area contributed by atoms with E-state index in [4.69, 9.17) is 4.99 Å². The van der Waals surface area contributed by atoms with E-state index >= 15 is 0 Å². The number of thiazole rings is 1. The minimum Gasteiger partial charge on any atom is -0.324 e. The molecule has 0 saturated heterocycles. The highest BCUT2D eigenvalue weighted by atomic mass is 32.1. The molecule has 0 aromatic carbocycles.